The second kappa shape index (κ2) is 6.27. The number of furan rings is 1. The van der Waals surface area contributed by atoms with Gasteiger partial charge in [-0.15, -0.1) is 10.2 Å². The zero-order chi connectivity index (χ0) is 16.5. The van der Waals surface area contributed by atoms with Crippen molar-refractivity contribution in [3.05, 3.63) is 35.8 Å². The molecule has 0 unspecified atom stereocenters. The van der Waals surface area contributed by atoms with Crippen LogP contribution in [0, 0.1) is 0 Å². The molecule has 1 N–H and O–H groups in total. The highest BCUT2D eigenvalue weighted by atomic mass is 16.3. The summed E-state index contributed by atoms with van der Waals surface area (Å²) >= 11 is 0. The molecule has 24 heavy (non-hydrogen) atoms. The fourth-order valence-corrected chi connectivity index (χ4v) is 3.35. The van der Waals surface area contributed by atoms with Gasteiger partial charge >= 0.3 is 6.03 Å². The summed E-state index contributed by atoms with van der Waals surface area (Å²) in [7, 11) is 0. The Hall–Kier alpha value is -2.35. The molecular weight excluding hydrogens is 308 g/mol. The maximum Gasteiger partial charge on any atom is 0.317 e. The fourth-order valence-electron chi connectivity index (χ4n) is 3.35. The first-order valence-corrected chi connectivity index (χ1v) is 8.44. The summed E-state index contributed by atoms with van der Waals surface area (Å²) in [5.74, 6) is 2.87. The number of aromatic nitrogens is 3. The molecule has 2 aromatic rings. The second-order valence-corrected chi connectivity index (χ2v) is 6.30. The average molecular weight is 330 g/mol. The van der Waals surface area contributed by atoms with E-state index in [1.807, 2.05) is 17.0 Å². The predicted octanol–water partition coefficient (Wildman–Crippen LogP) is 0.843. The Balaban J connectivity index is 1.26. The number of nitrogens with zero attached hydrogens (tertiary/aromatic N) is 5. The number of amides is 2. The largest absolute Gasteiger partial charge is 0.467 e. The van der Waals surface area contributed by atoms with Crippen LogP contribution < -0.4 is 5.32 Å². The second-order valence-electron chi connectivity index (χ2n) is 6.30. The lowest BCUT2D eigenvalue weighted by Crippen LogP contribution is -2.63. The van der Waals surface area contributed by atoms with Gasteiger partial charge in [-0.1, -0.05) is 6.92 Å². The summed E-state index contributed by atoms with van der Waals surface area (Å²) in [6.45, 7) is 6.81. The zero-order valence-electron chi connectivity index (χ0n) is 13.8. The number of carbonyl (C=O) groups excluding carboxylic acids is 1. The Labute approximate surface area is 140 Å². The van der Waals surface area contributed by atoms with Crippen molar-refractivity contribution in [2.75, 3.05) is 19.6 Å². The number of hydrogen-bond acceptors (Lipinski definition) is 5. The molecule has 0 atom stereocenters. The van der Waals surface area contributed by atoms with E-state index in [0.717, 1.165) is 56.6 Å². The van der Waals surface area contributed by atoms with E-state index < -0.39 is 0 Å². The van der Waals surface area contributed by atoms with Gasteiger partial charge in [0.2, 0.25) is 0 Å². The van der Waals surface area contributed by atoms with Crippen molar-refractivity contribution in [3.63, 3.8) is 0 Å². The normalized spacial score (nSPS) is 18.3. The van der Waals surface area contributed by atoms with Gasteiger partial charge in [-0.3, -0.25) is 4.90 Å². The molecular formula is C16H22N6O2. The van der Waals surface area contributed by atoms with Gasteiger partial charge in [0.1, 0.15) is 17.4 Å². The lowest BCUT2D eigenvalue weighted by atomic mass is 10.1. The van der Waals surface area contributed by atoms with Gasteiger partial charge in [0.05, 0.1) is 19.4 Å². The Bertz CT molecular complexity index is 704. The van der Waals surface area contributed by atoms with Crippen LogP contribution in [0.15, 0.2) is 22.8 Å². The highest BCUT2D eigenvalue weighted by molar-refractivity contribution is 5.75. The SMILES string of the molecule is CCc1nnc2n1CCN(C1CN(C(=O)NCc3ccco3)C1)C2. The Morgan fingerprint density at radius 1 is 1.38 bits per heavy atom. The maximum atomic E-state index is 12.1. The number of fused-ring (bicyclic) bond motifs is 1. The molecule has 2 aromatic heterocycles. The van der Waals surface area contributed by atoms with Crippen molar-refractivity contribution in [3.8, 4) is 0 Å². The van der Waals surface area contributed by atoms with E-state index in [0.29, 0.717) is 12.6 Å². The van der Waals surface area contributed by atoms with Gasteiger partial charge < -0.3 is 19.2 Å². The highest BCUT2D eigenvalue weighted by Crippen LogP contribution is 2.21. The third kappa shape index (κ3) is 2.77. The summed E-state index contributed by atoms with van der Waals surface area (Å²) in [4.78, 5) is 16.4. The number of nitrogens with one attached hydrogen (secondary N) is 1. The van der Waals surface area contributed by atoms with Gasteiger partial charge in [-0.25, -0.2) is 4.79 Å². The first-order chi connectivity index (χ1) is 11.7. The number of carbonyl (C=O) groups is 1. The van der Waals surface area contributed by atoms with Crippen LogP contribution in [0.5, 0.6) is 0 Å². The molecule has 0 saturated carbocycles. The Morgan fingerprint density at radius 3 is 3.00 bits per heavy atom. The molecule has 0 aromatic carbocycles. The minimum Gasteiger partial charge on any atom is -0.467 e. The van der Waals surface area contributed by atoms with Crippen LogP contribution in [0.25, 0.3) is 0 Å². The monoisotopic (exact) mass is 330 g/mol. The average Bonchev–Trinajstić information content (AvgIpc) is 3.20. The quantitative estimate of drug-likeness (QED) is 0.899. The zero-order valence-corrected chi connectivity index (χ0v) is 13.8. The number of urea groups is 1. The van der Waals surface area contributed by atoms with Crippen LogP contribution in [0.2, 0.25) is 0 Å². The lowest BCUT2D eigenvalue weighted by Gasteiger charge is -2.46. The van der Waals surface area contributed by atoms with Gasteiger partial charge in [0.25, 0.3) is 0 Å². The topological polar surface area (TPSA) is 79.4 Å². The minimum atomic E-state index is -0.0314. The van der Waals surface area contributed by atoms with E-state index in [2.05, 4.69) is 31.9 Å². The molecule has 2 aliphatic heterocycles. The molecule has 0 spiro atoms. The van der Waals surface area contributed by atoms with Gasteiger partial charge in [-0.2, -0.15) is 0 Å². The van der Waals surface area contributed by atoms with Gasteiger partial charge in [-0.05, 0) is 12.1 Å². The van der Waals surface area contributed by atoms with E-state index in [4.69, 9.17) is 4.42 Å². The summed E-state index contributed by atoms with van der Waals surface area (Å²) in [5, 5.41) is 11.4. The van der Waals surface area contributed by atoms with Gasteiger partial charge in [0.15, 0.2) is 0 Å². The number of aryl methyl sites for hydroxylation is 1. The van der Waals surface area contributed by atoms with Crippen LogP contribution in [0.1, 0.15) is 24.3 Å². The van der Waals surface area contributed by atoms with Crippen LogP contribution in [-0.2, 0) is 26.1 Å². The molecule has 0 aliphatic carbocycles. The minimum absolute atomic E-state index is 0.0314. The molecule has 0 radical (unpaired) electrons. The van der Waals surface area contributed by atoms with Crippen LogP contribution in [-0.4, -0.2) is 56.3 Å². The predicted molar refractivity (Wildman–Crippen MR) is 86.1 cm³/mol. The third-order valence-corrected chi connectivity index (χ3v) is 4.84. The van der Waals surface area contributed by atoms with Gasteiger partial charge in [0, 0.05) is 38.6 Å². The van der Waals surface area contributed by atoms with Crippen molar-refractivity contribution in [2.24, 2.45) is 0 Å². The summed E-state index contributed by atoms with van der Waals surface area (Å²) in [6, 6.07) is 4.05. The molecule has 1 saturated heterocycles. The molecule has 2 aliphatic rings. The molecule has 0 bridgehead atoms. The van der Waals surface area contributed by atoms with E-state index in [-0.39, 0.29) is 6.03 Å². The Morgan fingerprint density at radius 2 is 2.25 bits per heavy atom. The van der Waals surface area contributed by atoms with Crippen LogP contribution >= 0.6 is 0 Å². The van der Waals surface area contributed by atoms with Crippen molar-refractivity contribution < 1.29 is 9.21 Å². The summed E-state index contributed by atoms with van der Waals surface area (Å²) in [5.41, 5.74) is 0. The smallest absolute Gasteiger partial charge is 0.317 e. The summed E-state index contributed by atoms with van der Waals surface area (Å²) < 4.78 is 7.44. The van der Waals surface area contributed by atoms with Crippen molar-refractivity contribution in [1.29, 1.82) is 0 Å². The fraction of sp³-hybridized carbons (Fsp3) is 0.562. The summed E-state index contributed by atoms with van der Waals surface area (Å²) in [6.07, 6.45) is 2.53. The standard InChI is InChI=1S/C16H22N6O2/c1-2-14-18-19-15-11-20(5-6-22(14)15)12-9-21(10-12)16(23)17-8-13-4-3-7-24-13/h3-4,7,12H,2,5-6,8-11H2,1H3,(H,17,23). The molecule has 4 rings (SSSR count). The van der Waals surface area contributed by atoms with Crippen molar-refractivity contribution in [2.45, 2.75) is 39.0 Å². The first-order valence-electron chi connectivity index (χ1n) is 8.44. The van der Waals surface area contributed by atoms with E-state index in [1.165, 1.54) is 0 Å². The first kappa shape index (κ1) is 15.2. The van der Waals surface area contributed by atoms with E-state index in [9.17, 15) is 4.79 Å². The molecule has 8 heteroatoms. The van der Waals surface area contributed by atoms with Crippen LogP contribution in [0.4, 0.5) is 4.79 Å². The van der Waals surface area contributed by atoms with Crippen LogP contribution in [0.3, 0.4) is 0 Å². The number of hydrogen-bond donors (Lipinski definition) is 1. The lowest BCUT2D eigenvalue weighted by molar-refractivity contribution is 0.0386. The molecule has 128 valence electrons. The van der Waals surface area contributed by atoms with E-state index >= 15 is 0 Å². The number of likely N-dealkylation sites (tertiary alicyclic amines) is 1. The Kier molecular flexibility index (Phi) is 3.97. The molecule has 8 nitrogen and oxygen atoms in total. The van der Waals surface area contributed by atoms with Crippen molar-refractivity contribution in [1.82, 2.24) is 29.9 Å². The highest BCUT2D eigenvalue weighted by Gasteiger charge is 2.36. The molecule has 2 amide bonds. The molecule has 1 fully saturated rings. The number of rotatable bonds is 4. The van der Waals surface area contributed by atoms with Crippen molar-refractivity contribution >= 4 is 6.03 Å². The molecule has 4 heterocycles. The maximum absolute atomic E-state index is 12.1. The van der Waals surface area contributed by atoms with E-state index in [1.54, 1.807) is 6.26 Å². The third-order valence-electron chi connectivity index (χ3n) is 4.84.